The zero-order chi connectivity index (χ0) is 13.2. The predicted octanol–water partition coefficient (Wildman–Crippen LogP) is 3.08. The van der Waals surface area contributed by atoms with Gasteiger partial charge in [0.2, 0.25) is 0 Å². The zero-order valence-electron chi connectivity index (χ0n) is 10.1. The predicted molar refractivity (Wildman–Crippen MR) is 77.3 cm³/mol. The average molecular weight is 286 g/mol. The van der Waals surface area contributed by atoms with Gasteiger partial charge in [-0.25, -0.2) is 0 Å². The molecule has 1 aliphatic rings. The summed E-state index contributed by atoms with van der Waals surface area (Å²) in [5.41, 5.74) is 12.0. The third kappa shape index (κ3) is 2.73. The molecule has 0 bridgehead atoms. The van der Waals surface area contributed by atoms with E-state index in [0.717, 1.165) is 18.4 Å². The normalized spacial score (nSPS) is 17.7. The van der Waals surface area contributed by atoms with Gasteiger partial charge in [0.25, 0.3) is 0 Å². The third-order valence-electron chi connectivity index (χ3n) is 3.63. The minimum absolute atomic E-state index is 0.0360. The lowest BCUT2D eigenvalue weighted by atomic mass is 9.79. The highest BCUT2D eigenvalue weighted by molar-refractivity contribution is 6.35. The second-order valence-electron chi connectivity index (χ2n) is 4.85. The van der Waals surface area contributed by atoms with Crippen LogP contribution in [0.25, 0.3) is 0 Å². The third-order valence-corrected chi connectivity index (χ3v) is 4.18. The van der Waals surface area contributed by atoms with Gasteiger partial charge in [-0.15, -0.1) is 0 Å². The van der Waals surface area contributed by atoms with E-state index in [2.05, 4.69) is 4.99 Å². The van der Waals surface area contributed by atoms with Crippen LogP contribution in [0.15, 0.2) is 23.2 Å². The van der Waals surface area contributed by atoms with Gasteiger partial charge in [0.05, 0.1) is 6.54 Å². The smallest absolute Gasteiger partial charge is 0.185 e. The molecule has 0 atom stereocenters. The summed E-state index contributed by atoms with van der Waals surface area (Å²) in [6.45, 7) is 0.594. The molecule has 5 heteroatoms. The second-order valence-corrected chi connectivity index (χ2v) is 5.70. The molecule has 18 heavy (non-hydrogen) atoms. The van der Waals surface area contributed by atoms with Crippen LogP contribution in [0, 0.1) is 0 Å². The summed E-state index contributed by atoms with van der Waals surface area (Å²) in [6, 6.07) is 5.66. The van der Waals surface area contributed by atoms with E-state index in [1.807, 2.05) is 12.1 Å². The number of hydrogen-bond donors (Lipinski definition) is 2. The van der Waals surface area contributed by atoms with Crippen molar-refractivity contribution in [3.63, 3.8) is 0 Å². The van der Waals surface area contributed by atoms with Crippen LogP contribution in [0.1, 0.15) is 31.2 Å². The van der Waals surface area contributed by atoms with Gasteiger partial charge < -0.3 is 11.5 Å². The Labute approximate surface area is 117 Å². The highest BCUT2D eigenvalue weighted by atomic mass is 35.5. The Morgan fingerprint density at radius 3 is 2.44 bits per heavy atom. The highest BCUT2D eigenvalue weighted by Crippen LogP contribution is 2.44. The molecule has 0 spiro atoms. The largest absolute Gasteiger partial charge is 0.370 e. The number of benzene rings is 1. The average Bonchev–Trinajstić information content (AvgIpc) is 2.76. The van der Waals surface area contributed by atoms with E-state index in [-0.39, 0.29) is 11.4 Å². The van der Waals surface area contributed by atoms with Gasteiger partial charge in [-0.1, -0.05) is 42.1 Å². The molecule has 98 valence electrons. The summed E-state index contributed by atoms with van der Waals surface area (Å²) in [6.07, 6.45) is 4.48. The van der Waals surface area contributed by atoms with Crippen LogP contribution in [-0.4, -0.2) is 12.5 Å². The summed E-state index contributed by atoms with van der Waals surface area (Å²) in [5.74, 6) is 0.131. The highest BCUT2D eigenvalue weighted by Gasteiger charge is 2.37. The zero-order valence-corrected chi connectivity index (χ0v) is 11.6. The molecule has 0 heterocycles. The molecule has 0 unspecified atom stereocenters. The molecule has 1 aromatic rings. The second kappa shape index (κ2) is 5.37. The first-order valence-corrected chi connectivity index (χ1v) is 6.80. The van der Waals surface area contributed by atoms with E-state index in [1.54, 1.807) is 6.07 Å². The first-order chi connectivity index (χ1) is 8.53. The number of aliphatic imine (C=N–C) groups is 1. The lowest BCUT2D eigenvalue weighted by Crippen LogP contribution is -2.30. The van der Waals surface area contributed by atoms with Gasteiger partial charge in [-0.05, 0) is 30.5 Å². The topological polar surface area (TPSA) is 64.4 Å². The Morgan fingerprint density at radius 2 is 1.89 bits per heavy atom. The maximum Gasteiger partial charge on any atom is 0.185 e. The van der Waals surface area contributed by atoms with Crippen molar-refractivity contribution in [2.45, 2.75) is 31.1 Å². The molecule has 0 radical (unpaired) electrons. The number of guanidine groups is 1. The van der Waals surface area contributed by atoms with Crippen molar-refractivity contribution in [1.29, 1.82) is 0 Å². The van der Waals surface area contributed by atoms with E-state index >= 15 is 0 Å². The molecule has 0 amide bonds. The van der Waals surface area contributed by atoms with Crippen LogP contribution in [-0.2, 0) is 5.41 Å². The molecule has 1 saturated carbocycles. The molecule has 1 aromatic carbocycles. The molecule has 0 aliphatic heterocycles. The summed E-state index contributed by atoms with van der Waals surface area (Å²) < 4.78 is 0. The van der Waals surface area contributed by atoms with Crippen LogP contribution >= 0.6 is 23.2 Å². The fraction of sp³-hybridized carbons (Fsp3) is 0.462. The van der Waals surface area contributed by atoms with Crippen LogP contribution < -0.4 is 11.5 Å². The molecule has 0 aromatic heterocycles. The number of nitrogens with two attached hydrogens (primary N) is 2. The maximum absolute atomic E-state index is 6.32. The Morgan fingerprint density at radius 1 is 1.22 bits per heavy atom. The Bertz CT molecular complexity index is 461. The van der Waals surface area contributed by atoms with Crippen LogP contribution in [0.2, 0.25) is 10.0 Å². The van der Waals surface area contributed by atoms with Crippen LogP contribution in [0.3, 0.4) is 0 Å². The summed E-state index contributed by atoms with van der Waals surface area (Å²) >= 11 is 12.3. The molecule has 3 nitrogen and oxygen atoms in total. The van der Waals surface area contributed by atoms with Gasteiger partial charge in [-0.2, -0.15) is 0 Å². The number of rotatable bonds is 3. The fourth-order valence-electron chi connectivity index (χ4n) is 2.73. The Hall–Kier alpha value is -0.930. The van der Waals surface area contributed by atoms with Crippen molar-refractivity contribution >= 4 is 29.2 Å². The fourth-order valence-corrected chi connectivity index (χ4v) is 3.34. The summed E-state index contributed by atoms with van der Waals surface area (Å²) in [7, 11) is 0. The van der Waals surface area contributed by atoms with Crippen LogP contribution in [0.5, 0.6) is 0 Å². The summed E-state index contributed by atoms with van der Waals surface area (Å²) in [4.78, 5) is 4.20. The van der Waals surface area contributed by atoms with E-state index in [0.29, 0.717) is 16.6 Å². The monoisotopic (exact) mass is 285 g/mol. The Balaban J connectivity index is 2.37. The standard InChI is InChI=1S/C13H17Cl2N3/c14-9-3-4-10(11(15)7-9)13(5-1-2-6-13)8-18-12(16)17/h3-4,7H,1-2,5-6,8H2,(H4,16,17,18). The minimum Gasteiger partial charge on any atom is -0.370 e. The van der Waals surface area contributed by atoms with E-state index < -0.39 is 0 Å². The van der Waals surface area contributed by atoms with Crippen molar-refractivity contribution in [1.82, 2.24) is 0 Å². The Kier molecular flexibility index (Phi) is 4.03. The van der Waals surface area contributed by atoms with Crippen molar-refractivity contribution in [2.75, 3.05) is 6.54 Å². The molecule has 0 saturated heterocycles. The first kappa shape index (κ1) is 13.5. The number of halogens is 2. The van der Waals surface area contributed by atoms with Crippen molar-refractivity contribution < 1.29 is 0 Å². The molecule has 2 rings (SSSR count). The molecular weight excluding hydrogens is 269 g/mol. The summed E-state index contributed by atoms with van der Waals surface area (Å²) in [5, 5.41) is 1.36. The van der Waals surface area contributed by atoms with Crippen molar-refractivity contribution in [3.05, 3.63) is 33.8 Å². The molecule has 4 N–H and O–H groups in total. The first-order valence-electron chi connectivity index (χ1n) is 6.04. The van der Waals surface area contributed by atoms with Gasteiger partial charge in [-0.3, -0.25) is 4.99 Å². The molecule has 1 fully saturated rings. The van der Waals surface area contributed by atoms with Gasteiger partial charge in [0.15, 0.2) is 5.96 Å². The molecular formula is C13H17Cl2N3. The quantitative estimate of drug-likeness (QED) is 0.662. The van der Waals surface area contributed by atoms with Crippen molar-refractivity contribution in [2.24, 2.45) is 16.5 Å². The number of nitrogens with zero attached hydrogens (tertiary/aromatic N) is 1. The van der Waals surface area contributed by atoms with Gasteiger partial charge >= 0.3 is 0 Å². The van der Waals surface area contributed by atoms with E-state index in [1.165, 1.54) is 12.8 Å². The minimum atomic E-state index is -0.0360. The van der Waals surface area contributed by atoms with E-state index in [9.17, 15) is 0 Å². The maximum atomic E-state index is 6.32. The van der Waals surface area contributed by atoms with Crippen LogP contribution in [0.4, 0.5) is 0 Å². The van der Waals surface area contributed by atoms with Gasteiger partial charge in [0, 0.05) is 15.5 Å². The lowest BCUT2D eigenvalue weighted by Gasteiger charge is -2.29. The molecule has 1 aliphatic carbocycles. The number of hydrogen-bond acceptors (Lipinski definition) is 1. The lowest BCUT2D eigenvalue weighted by molar-refractivity contribution is 0.454. The van der Waals surface area contributed by atoms with E-state index in [4.69, 9.17) is 34.7 Å². The SMILES string of the molecule is NC(N)=NCC1(c2ccc(Cl)cc2Cl)CCCC1. The van der Waals surface area contributed by atoms with Gasteiger partial charge in [0.1, 0.15) is 0 Å². The van der Waals surface area contributed by atoms with Crippen molar-refractivity contribution in [3.8, 4) is 0 Å².